The quantitative estimate of drug-likeness (QED) is 0.770. The number of ether oxygens (including phenoxy) is 1. The summed E-state index contributed by atoms with van der Waals surface area (Å²) in [7, 11) is 2.24. The van der Waals surface area contributed by atoms with Crippen LogP contribution in [0.1, 0.15) is 20.3 Å². The van der Waals surface area contributed by atoms with E-state index in [1.54, 1.807) is 0 Å². The van der Waals surface area contributed by atoms with Gasteiger partial charge in [0.25, 0.3) is 0 Å². The van der Waals surface area contributed by atoms with Crippen LogP contribution in [0.4, 0.5) is 0 Å². The molecule has 0 aromatic heterocycles. The normalized spacial score (nSPS) is 31.6. The topological polar surface area (TPSA) is 27.7 Å². The molecule has 0 aliphatic carbocycles. The number of hydrogen-bond acceptors (Lipinski definition) is 4. The fourth-order valence-corrected chi connectivity index (χ4v) is 2.80. The number of hydrogen-bond donors (Lipinski definition) is 1. The monoisotopic (exact) mass is 241 g/mol. The van der Waals surface area contributed by atoms with Crippen LogP contribution < -0.4 is 5.32 Å². The van der Waals surface area contributed by atoms with E-state index in [1.165, 1.54) is 19.5 Å². The van der Waals surface area contributed by atoms with Gasteiger partial charge in [0.05, 0.1) is 12.7 Å². The van der Waals surface area contributed by atoms with E-state index < -0.39 is 0 Å². The lowest BCUT2D eigenvalue weighted by Crippen LogP contribution is -2.47. The highest BCUT2D eigenvalue weighted by Gasteiger charge is 2.28. The summed E-state index contributed by atoms with van der Waals surface area (Å²) in [5.41, 5.74) is 0. The van der Waals surface area contributed by atoms with Crippen LogP contribution in [-0.2, 0) is 4.74 Å². The van der Waals surface area contributed by atoms with Crippen molar-refractivity contribution in [3.63, 3.8) is 0 Å². The molecule has 2 heterocycles. The molecule has 2 unspecified atom stereocenters. The standard InChI is InChI=1S/C13H27N3O/c1-11(2)16-6-4-12(9-16)15(3)10-13-8-14-5-7-17-13/h11-14H,4-10H2,1-3H3. The first kappa shape index (κ1) is 13.3. The minimum Gasteiger partial charge on any atom is -0.374 e. The van der Waals surface area contributed by atoms with Gasteiger partial charge in [-0.1, -0.05) is 0 Å². The molecule has 4 nitrogen and oxygen atoms in total. The average Bonchev–Trinajstić information content (AvgIpc) is 2.79. The molecule has 2 saturated heterocycles. The molecule has 100 valence electrons. The van der Waals surface area contributed by atoms with Crippen molar-refractivity contribution >= 4 is 0 Å². The van der Waals surface area contributed by atoms with E-state index in [1.807, 2.05) is 0 Å². The third-order valence-electron chi connectivity index (χ3n) is 4.04. The molecule has 1 N–H and O–H groups in total. The summed E-state index contributed by atoms with van der Waals surface area (Å²) in [6.45, 7) is 11.0. The third kappa shape index (κ3) is 3.65. The Labute approximate surface area is 105 Å². The van der Waals surface area contributed by atoms with Gasteiger partial charge >= 0.3 is 0 Å². The lowest BCUT2D eigenvalue weighted by atomic mass is 10.2. The molecule has 0 saturated carbocycles. The Hall–Kier alpha value is -0.160. The lowest BCUT2D eigenvalue weighted by molar-refractivity contribution is 0.00334. The zero-order chi connectivity index (χ0) is 12.3. The van der Waals surface area contributed by atoms with Crippen LogP contribution in [0.5, 0.6) is 0 Å². The molecule has 0 aromatic rings. The van der Waals surface area contributed by atoms with E-state index in [0.29, 0.717) is 18.2 Å². The van der Waals surface area contributed by atoms with Gasteiger partial charge in [0.15, 0.2) is 0 Å². The summed E-state index contributed by atoms with van der Waals surface area (Å²) in [6.07, 6.45) is 1.68. The number of likely N-dealkylation sites (N-methyl/N-ethyl adjacent to an activating group) is 1. The number of morpholine rings is 1. The molecule has 0 bridgehead atoms. The first-order chi connectivity index (χ1) is 8.16. The molecule has 0 radical (unpaired) electrons. The Morgan fingerprint density at radius 1 is 1.47 bits per heavy atom. The van der Waals surface area contributed by atoms with Gasteiger partial charge in [-0.3, -0.25) is 9.80 Å². The third-order valence-corrected chi connectivity index (χ3v) is 4.04. The van der Waals surface area contributed by atoms with Gasteiger partial charge < -0.3 is 10.1 Å². The van der Waals surface area contributed by atoms with Crippen LogP contribution in [-0.4, -0.2) is 74.4 Å². The fourth-order valence-electron chi connectivity index (χ4n) is 2.80. The first-order valence-electron chi connectivity index (χ1n) is 6.93. The Morgan fingerprint density at radius 2 is 2.29 bits per heavy atom. The van der Waals surface area contributed by atoms with Crippen LogP contribution in [0.2, 0.25) is 0 Å². The van der Waals surface area contributed by atoms with Gasteiger partial charge in [0, 0.05) is 44.8 Å². The highest BCUT2D eigenvalue weighted by Crippen LogP contribution is 2.17. The van der Waals surface area contributed by atoms with Crippen molar-refractivity contribution in [1.82, 2.24) is 15.1 Å². The van der Waals surface area contributed by atoms with Gasteiger partial charge in [-0.15, -0.1) is 0 Å². The van der Waals surface area contributed by atoms with E-state index in [4.69, 9.17) is 4.74 Å². The number of rotatable bonds is 4. The second-order valence-corrected chi connectivity index (χ2v) is 5.67. The SMILES string of the molecule is CC(C)N1CCC(N(C)CC2CNCCO2)C1. The van der Waals surface area contributed by atoms with E-state index in [0.717, 1.165) is 26.2 Å². The van der Waals surface area contributed by atoms with Gasteiger partial charge in [0.2, 0.25) is 0 Å². The number of nitrogens with zero attached hydrogens (tertiary/aromatic N) is 2. The number of nitrogens with one attached hydrogen (secondary N) is 1. The summed E-state index contributed by atoms with van der Waals surface area (Å²) in [6, 6.07) is 1.39. The maximum Gasteiger partial charge on any atom is 0.0826 e. The first-order valence-corrected chi connectivity index (χ1v) is 6.93. The minimum atomic E-state index is 0.377. The Morgan fingerprint density at radius 3 is 2.88 bits per heavy atom. The summed E-state index contributed by atoms with van der Waals surface area (Å²) in [5.74, 6) is 0. The van der Waals surface area contributed by atoms with Crippen molar-refractivity contribution in [2.24, 2.45) is 0 Å². The van der Waals surface area contributed by atoms with Crippen molar-refractivity contribution in [2.75, 3.05) is 46.4 Å². The molecule has 17 heavy (non-hydrogen) atoms. The van der Waals surface area contributed by atoms with Gasteiger partial charge in [-0.05, 0) is 27.3 Å². The molecule has 2 aliphatic rings. The zero-order valence-corrected chi connectivity index (χ0v) is 11.5. The summed E-state index contributed by atoms with van der Waals surface area (Å²) >= 11 is 0. The van der Waals surface area contributed by atoms with Crippen molar-refractivity contribution in [1.29, 1.82) is 0 Å². The molecular formula is C13H27N3O. The van der Waals surface area contributed by atoms with E-state index in [-0.39, 0.29) is 0 Å². The zero-order valence-electron chi connectivity index (χ0n) is 11.5. The Kier molecular flexibility index (Phi) is 4.79. The second-order valence-electron chi connectivity index (χ2n) is 5.67. The van der Waals surface area contributed by atoms with Crippen LogP contribution in [0.3, 0.4) is 0 Å². The van der Waals surface area contributed by atoms with Gasteiger partial charge in [0.1, 0.15) is 0 Å². The Balaban J connectivity index is 1.74. The van der Waals surface area contributed by atoms with E-state index in [9.17, 15) is 0 Å². The molecular weight excluding hydrogens is 214 g/mol. The molecule has 2 fully saturated rings. The molecule has 4 heteroatoms. The molecule has 2 atom stereocenters. The number of likely N-dealkylation sites (tertiary alicyclic amines) is 1. The smallest absolute Gasteiger partial charge is 0.0826 e. The van der Waals surface area contributed by atoms with Crippen molar-refractivity contribution in [3.05, 3.63) is 0 Å². The van der Waals surface area contributed by atoms with Crippen LogP contribution >= 0.6 is 0 Å². The highest BCUT2D eigenvalue weighted by molar-refractivity contribution is 4.85. The maximum atomic E-state index is 5.76. The molecule has 2 aliphatic heterocycles. The molecule has 2 rings (SSSR count). The van der Waals surface area contributed by atoms with Crippen molar-refractivity contribution in [2.45, 2.75) is 38.5 Å². The summed E-state index contributed by atoms with van der Waals surface area (Å²) in [4.78, 5) is 5.06. The average molecular weight is 241 g/mol. The lowest BCUT2D eigenvalue weighted by Gasteiger charge is -2.31. The van der Waals surface area contributed by atoms with Crippen molar-refractivity contribution in [3.8, 4) is 0 Å². The van der Waals surface area contributed by atoms with Gasteiger partial charge in [-0.25, -0.2) is 0 Å². The van der Waals surface area contributed by atoms with Crippen molar-refractivity contribution < 1.29 is 4.74 Å². The van der Waals surface area contributed by atoms with E-state index >= 15 is 0 Å². The molecule has 0 spiro atoms. The predicted molar refractivity (Wildman–Crippen MR) is 70.4 cm³/mol. The summed E-state index contributed by atoms with van der Waals surface area (Å²) < 4.78 is 5.76. The van der Waals surface area contributed by atoms with Crippen LogP contribution in [0, 0.1) is 0 Å². The molecule has 0 amide bonds. The van der Waals surface area contributed by atoms with Crippen LogP contribution in [0.25, 0.3) is 0 Å². The van der Waals surface area contributed by atoms with Gasteiger partial charge in [-0.2, -0.15) is 0 Å². The summed E-state index contributed by atoms with van der Waals surface area (Å²) in [5, 5.41) is 3.40. The largest absolute Gasteiger partial charge is 0.374 e. The predicted octanol–water partition coefficient (Wildman–Crippen LogP) is 0.389. The highest BCUT2D eigenvalue weighted by atomic mass is 16.5. The second kappa shape index (κ2) is 6.14. The Bertz CT molecular complexity index is 229. The minimum absolute atomic E-state index is 0.377. The van der Waals surface area contributed by atoms with Crippen LogP contribution in [0.15, 0.2) is 0 Å². The maximum absolute atomic E-state index is 5.76. The fraction of sp³-hybridized carbons (Fsp3) is 1.00. The van der Waals surface area contributed by atoms with E-state index in [2.05, 4.69) is 36.0 Å². The molecule has 0 aromatic carbocycles.